The number of aromatic nitrogens is 1. The summed E-state index contributed by atoms with van der Waals surface area (Å²) >= 11 is 0. The highest BCUT2D eigenvalue weighted by Gasteiger charge is 2.30. The van der Waals surface area contributed by atoms with Gasteiger partial charge in [-0.3, -0.25) is 0 Å². The number of hydrogen-bond acceptors (Lipinski definition) is 5. The Morgan fingerprint density at radius 3 is 2.95 bits per heavy atom. The van der Waals surface area contributed by atoms with Crippen molar-refractivity contribution in [1.82, 2.24) is 4.98 Å². The van der Waals surface area contributed by atoms with Crippen molar-refractivity contribution in [2.75, 3.05) is 18.5 Å². The van der Waals surface area contributed by atoms with Crippen molar-refractivity contribution in [3.8, 4) is 0 Å². The van der Waals surface area contributed by atoms with E-state index < -0.39 is 4.92 Å². The van der Waals surface area contributed by atoms with Gasteiger partial charge < -0.3 is 20.2 Å². The molecule has 1 aliphatic heterocycles. The minimum atomic E-state index is -0.497. The average Bonchev–Trinajstić information content (AvgIpc) is 2.85. The van der Waals surface area contributed by atoms with Gasteiger partial charge in [0.2, 0.25) is 0 Å². The van der Waals surface area contributed by atoms with Crippen LogP contribution in [0.1, 0.15) is 20.3 Å². The number of rotatable bonds is 5. The van der Waals surface area contributed by atoms with Gasteiger partial charge in [-0.1, -0.05) is 13.8 Å². The van der Waals surface area contributed by atoms with Crippen molar-refractivity contribution < 1.29 is 9.66 Å². The molecule has 0 unspecified atom stereocenters. The summed E-state index contributed by atoms with van der Waals surface area (Å²) in [5.41, 5.74) is 0.806. The van der Waals surface area contributed by atoms with Crippen molar-refractivity contribution in [3.05, 3.63) is 28.4 Å². The molecule has 1 aliphatic rings. The molecule has 0 aromatic carbocycles. The highest BCUT2D eigenvalue weighted by Crippen LogP contribution is 2.27. The van der Waals surface area contributed by atoms with Crippen LogP contribution in [0.25, 0.3) is 0 Å². The van der Waals surface area contributed by atoms with E-state index >= 15 is 0 Å². The number of nitrogens with one attached hydrogen (secondary N) is 1. The first-order valence-electron chi connectivity index (χ1n) is 6.54. The molecule has 1 aromatic heterocycles. The van der Waals surface area contributed by atoms with Gasteiger partial charge in [-0.2, -0.15) is 0 Å². The summed E-state index contributed by atoms with van der Waals surface area (Å²) in [6, 6.07) is 3.10. The van der Waals surface area contributed by atoms with Gasteiger partial charge in [0.25, 0.3) is 0 Å². The van der Waals surface area contributed by atoms with E-state index in [2.05, 4.69) is 24.1 Å². The van der Waals surface area contributed by atoms with Crippen molar-refractivity contribution in [3.63, 3.8) is 0 Å². The van der Waals surface area contributed by atoms with Crippen LogP contribution in [-0.2, 0) is 4.74 Å². The van der Waals surface area contributed by atoms with Crippen LogP contribution in [0.4, 0.5) is 11.5 Å². The number of pyridine rings is 1. The fourth-order valence-corrected chi connectivity index (χ4v) is 2.46. The van der Waals surface area contributed by atoms with Gasteiger partial charge in [0, 0.05) is 25.1 Å². The highest BCUT2D eigenvalue weighted by molar-refractivity contribution is 5.43. The molecule has 0 bridgehead atoms. The maximum Gasteiger partial charge on any atom is 0.363 e. The molecule has 2 heterocycles. The second-order valence-corrected chi connectivity index (χ2v) is 5.17. The van der Waals surface area contributed by atoms with E-state index in [9.17, 15) is 10.1 Å². The Bertz CT molecular complexity index is 433. The Labute approximate surface area is 112 Å². The maximum atomic E-state index is 10.5. The van der Waals surface area contributed by atoms with E-state index in [-0.39, 0.29) is 5.82 Å². The Hall–Kier alpha value is -1.69. The van der Waals surface area contributed by atoms with Crippen LogP contribution < -0.4 is 5.32 Å². The summed E-state index contributed by atoms with van der Waals surface area (Å²) < 4.78 is 5.72. The van der Waals surface area contributed by atoms with Gasteiger partial charge in [-0.15, -0.1) is 0 Å². The predicted octanol–water partition coefficient (Wildman–Crippen LogP) is 2.46. The summed E-state index contributed by atoms with van der Waals surface area (Å²) in [5.74, 6) is 0.856. The zero-order valence-electron chi connectivity index (χ0n) is 11.2. The SMILES string of the molecule is CC(C)[C@@H]1OCC[C@@H]1CNc1ccc([N+](=O)[O-])nc1. The van der Waals surface area contributed by atoms with Crippen LogP contribution in [0.5, 0.6) is 0 Å². The first-order valence-corrected chi connectivity index (χ1v) is 6.54. The van der Waals surface area contributed by atoms with Gasteiger partial charge >= 0.3 is 5.82 Å². The summed E-state index contributed by atoms with van der Waals surface area (Å²) in [6.07, 6.45) is 2.84. The molecule has 0 amide bonds. The van der Waals surface area contributed by atoms with E-state index in [4.69, 9.17) is 4.74 Å². The van der Waals surface area contributed by atoms with Gasteiger partial charge in [0.1, 0.15) is 0 Å². The topological polar surface area (TPSA) is 77.3 Å². The Morgan fingerprint density at radius 1 is 1.58 bits per heavy atom. The van der Waals surface area contributed by atoms with Crippen molar-refractivity contribution in [2.45, 2.75) is 26.4 Å². The molecule has 1 N–H and O–H groups in total. The van der Waals surface area contributed by atoms with Crippen LogP contribution in [-0.4, -0.2) is 29.2 Å². The van der Waals surface area contributed by atoms with E-state index in [1.807, 2.05) is 0 Å². The molecular formula is C13H19N3O3. The predicted molar refractivity (Wildman–Crippen MR) is 72.1 cm³/mol. The minimum absolute atomic E-state index is 0.130. The fourth-order valence-electron chi connectivity index (χ4n) is 2.46. The molecule has 0 saturated carbocycles. The Balaban J connectivity index is 1.90. The van der Waals surface area contributed by atoms with E-state index in [1.54, 1.807) is 6.07 Å². The number of nitrogens with zero attached hydrogens (tertiary/aromatic N) is 2. The third kappa shape index (κ3) is 3.41. The Morgan fingerprint density at radius 2 is 2.37 bits per heavy atom. The van der Waals surface area contributed by atoms with Crippen LogP contribution >= 0.6 is 0 Å². The summed E-state index contributed by atoms with van der Waals surface area (Å²) in [5, 5.41) is 13.8. The van der Waals surface area contributed by atoms with Gasteiger partial charge in [-0.05, 0) is 28.3 Å². The second-order valence-electron chi connectivity index (χ2n) is 5.17. The normalized spacial score (nSPS) is 22.7. The third-order valence-electron chi connectivity index (χ3n) is 3.42. The van der Waals surface area contributed by atoms with Crippen LogP contribution in [0.3, 0.4) is 0 Å². The van der Waals surface area contributed by atoms with Crippen molar-refractivity contribution in [1.29, 1.82) is 0 Å². The molecule has 0 radical (unpaired) electrons. The molecule has 0 aliphatic carbocycles. The van der Waals surface area contributed by atoms with Gasteiger partial charge in [-0.25, -0.2) is 0 Å². The van der Waals surface area contributed by atoms with E-state index in [0.717, 1.165) is 25.3 Å². The first kappa shape index (κ1) is 13.7. The van der Waals surface area contributed by atoms with Gasteiger partial charge in [0.05, 0.1) is 11.8 Å². The van der Waals surface area contributed by atoms with Crippen molar-refractivity contribution >= 4 is 11.5 Å². The van der Waals surface area contributed by atoms with Crippen LogP contribution in [0, 0.1) is 22.0 Å². The minimum Gasteiger partial charge on any atom is -0.382 e. The van der Waals surface area contributed by atoms with Crippen LogP contribution in [0.15, 0.2) is 18.3 Å². The average molecular weight is 265 g/mol. The number of hydrogen-bond donors (Lipinski definition) is 1. The lowest BCUT2D eigenvalue weighted by atomic mass is 9.93. The zero-order valence-corrected chi connectivity index (χ0v) is 11.2. The molecule has 6 heteroatoms. The lowest BCUT2D eigenvalue weighted by molar-refractivity contribution is -0.389. The standard InChI is InChI=1S/C13H19N3O3/c1-9(2)13-10(5-6-19-13)7-14-11-3-4-12(15-8-11)16(17)18/h3-4,8-10,13-14H,5-7H2,1-2H3/t10-,13+/m1/s1. The summed E-state index contributed by atoms with van der Waals surface area (Å²) in [7, 11) is 0. The lowest BCUT2D eigenvalue weighted by Crippen LogP contribution is -2.27. The second kappa shape index (κ2) is 5.97. The summed E-state index contributed by atoms with van der Waals surface area (Å²) in [4.78, 5) is 13.8. The molecule has 2 rings (SSSR count). The maximum absolute atomic E-state index is 10.5. The van der Waals surface area contributed by atoms with Crippen molar-refractivity contribution in [2.24, 2.45) is 11.8 Å². The summed E-state index contributed by atoms with van der Waals surface area (Å²) in [6.45, 7) is 5.95. The first-order chi connectivity index (χ1) is 9.08. The largest absolute Gasteiger partial charge is 0.382 e. The van der Waals surface area contributed by atoms with E-state index in [1.165, 1.54) is 12.3 Å². The lowest BCUT2D eigenvalue weighted by Gasteiger charge is -2.22. The smallest absolute Gasteiger partial charge is 0.363 e. The fraction of sp³-hybridized carbons (Fsp3) is 0.615. The zero-order chi connectivity index (χ0) is 13.8. The molecular weight excluding hydrogens is 246 g/mol. The molecule has 2 atom stereocenters. The quantitative estimate of drug-likeness (QED) is 0.653. The molecule has 6 nitrogen and oxygen atoms in total. The van der Waals surface area contributed by atoms with Gasteiger partial charge in [0.15, 0.2) is 6.20 Å². The molecule has 1 fully saturated rings. The molecule has 0 spiro atoms. The molecule has 104 valence electrons. The highest BCUT2D eigenvalue weighted by atomic mass is 16.6. The number of anilines is 1. The molecule has 1 saturated heterocycles. The Kier molecular flexibility index (Phi) is 4.31. The van der Waals surface area contributed by atoms with E-state index in [0.29, 0.717) is 17.9 Å². The third-order valence-corrected chi connectivity index (χ3v) is 3.42. The van der Waals surface area contributed by atoms with Crippen LogP contribution in [0.2, 0.25) is 0 Å². The molecule has 1 aromatic rings. The number of nitro groups is 1. The monoisotopic (exact) mass is 265 g/mol. The molecule has 19 heavy (non-hydrogen) atoms. The number of ether oxygens (including phenoxy) is 1.